The second-order valence-corrected chi connectivity index (χ2v) is 5.11. The molecule has 1 unspecified atom stereocenters. The summed E-state index contributed by atoms with van der Waals surface area (Å²) in [6.07, 6.45) is 5.04. The SMILES string of the molecule is C=CCC(C)(N)C(=O)Nc1ccc(-c2cccnc2)oc1=O. The maximum atomic E-state index is 12.1. The van der Waals surface area contributed by atoms with Gasteiger partial charge in [-0.1, -0.05) is 6.08 Å². The van der Waals surface area contributed by atoms with Crippen LogP contribution in [0, 0.1) is 0 Å². The maximum absolute atomic E-state index is 12.1. The molecule has 0 fully saturated rings. The summed E-state index contributed by atoms with van der Waals surface area (Å²) < 4.78 is 5.20. The van der Waals surface area contributed by atoms with E-state index in [0.29, 0.717) is 11.3 Å². The number of nitrogens with zero attached hydrogens (tertiary/aromatic N) is 1. The molecule has 2 heterocycles. The molecule has 1 amide bonds. The van der Waals surface area contributed by atoms with Crippen LogP contribution >= 0.6 is 0 Å². The number of amides is 1. The number of hydrogen-bond donors (Lipinski definition) is 2. The van der Waals surface area contributed by atoms with Crippen LogP contribution in [0.5, 0.6) is 0 Å². The van der Waals surface area contributed by atoms with E-state index in [1.54, 1.807) is 43.6 Å². The highest BCUT2D eigenvalue weighted by atomic mass is 16.4. The van der Waals surface area contributed by atoms with Gasteiger partial charge in [-0.25, -0.2) is 4.79 Å². The number of pyridine rings is 1. The molecule has 0 saturated heterocycles. The molecule has 3 N–H and O–H groups in total. The second-order valence-electron chi connectivity index (χ2n) is 5.11. The van der Waals surface area contributed by atoms with Crippen molar-refractivity contribution in [3.05, 3.63) is 59.7 Å². The molecule has 0 aromatic carbocycles. The lowest BCUT2D eigenvalue weighted by molar-refractivity contribution is -0.120. The Kier molecular flexibility index (Phi) is 4.53. The average Bonchev–Trinajstić information content (AvgIpc) is 2.50. The van der Waals surface area contributed by atoms with E-state index < -0.39 is 17.1 Å². The van der Waals surface area contributed by atoms with Crippen LogP contribution in [0.4, 0.5) is 5.69 Å². The Bertz CT molecular complexity index is 736. The largest absolute Gasteiger partial charge is 0.421 e. The molecule has 2 rings (SSSR count). The predicted octanol–water partition coefficient (Wildman–Crippen LogP) is 1.93. The zero-order valence-electron chi connectivity index (χ0n) is 12.2. The van der Waals surface area contributed by atoms with Gasteiger partial charge in [0.25, 0.3) is 0 Å². The Morgan fingerprint density at radius 1 is 1.50 bits per heavy atom. The van der Waals surface area contributed by atoms with Crippen molar-refractivity contribution in [2.75, 3.05) is 5.32 Å². The maximum Gasteiger partial charge on any atom is 0.360 e. The first-order chi connectivity index (χ1) is 10.4. The van der Waals surface area contributed by atoms with Gasteiger partial charge in [-0.05, 0) is 37.6 Å². The highest BCUT2D eigenvalue weighted by Gasteiger charge is 2.27. The molecule has 114 valence electrons. The number of aromatic nitrogens is 1. The molecule has 0 aliphatic rings. The molecule has 0 spiro atoms. The number of hydrogen-bond acceptors (Lipinski definition) is 5. The van der Waals surface area contributed by atoms with E-state index in [1.807, 2.05) is 0 Å². The third-order valence-corrected chi connectivity index (χ3v) is 3.11. The number of carbonyl (C=O) groups is 1. The van der Waals surface area contributed by atoms with E-state index in [9.17, 15) is 9.59 Å². The van der Waals surface area contributed by atoms with Crippen molar-refractivity contribution in [1.82, 2.24) is 4.98 Å². The number of anilines is 1. The normalized spacial score (nSPS) is 13.2. The van der Waals surface area contributed by atoms with Crippen LogP contribution in [-0.2, 0) is 4.79 Å². The van der Waals surface area contributed by atoms with E-state index in [1.165, 1.54) is 6.07 Å². The summed E-state index contributed by atoms with van der Waals surface area (Å²) in [6.45, 7) is 5.12. The average molecular weight is 299 g/mol. The minimum absolute atomic E-state index is 0.0402. The Hall–Kier alpha value is -2.73. The summed E-state index contributed by atoms with van der Waals surface area (Å²) in [4.78, 5) is 28.0. The van der Waals surface area contributed by atoms with Gasteiger partial charge in [0.05, 0.1) is 5.54 Å². The van der Waals surface area contributed by atoms with Gasteiger partial charge >= 0.3 is 5.63 Å². The molecule has 6 heteroatoms. The van der Waals surface area contributed by atoms with Crippen LogP contribution in [0.1, 0.15) is 13.3 Å². The first-order valence-electron chi connectivity index (χ1n) is 6.70. The molecule has 0 bridgehead atoms. The molecular weight excluding hydrogens is 282 g/mol. The van der Waals surface area contributed by atoms with Crippen LogP contribution in [0.25, 0.3) is 11.3 Å². The zero-order valence-corrected chi connectivity index (χ0v) is 12.2. The van der Waals surface area contributed by atoms with Crippen molar-refractivity contribution in [2.45, 2.75) is 18.9 Å². The summed E-state index contributed by atoms with van der Waals surface area (Å²) in [6, 6.07) is 6.58. The summed E-state index contributed by atoms with van der Waals surface area (Å²) in [7, 11) is 0. The Balaban J connectivity index is 2.23. The fourth-order valence-corrected chi connectivity index (χ4v) is 1.83. The predicted molar refractivity (Wildman–Crippen MR) is 84.2 cm³/mol. The first-order valence-corrected chi connectivity index (χ1v) is 6.70. The first kappa shape index (κ1) is 15.7. The van der Waals surface area contributed by atoms with Gasteiger partial charge in [0.1, 0.15) is 11.4 Å². The van der Waals surface area contributed by atoms with Gasteiger partial charge in [-0.3, -0.25) is 9.78 Å². The quantitative estimate of drug-likeness (QED) is 0.822. The monoisotopic (exact) mass is 299 g/mol. The summed E-state index contributed by atoms with van der Waals surface area (Å²) in [5.74, 6) is -0.105. The van der Waals surface area contributed by atoms with Crippen molar-refractivity contribution in [2.24, 2.45) is 5.73 Å². The number of carbonyl (C=O) groups excluding carboxylic acids is 1. The topological polar surface area (TPSA) is 98.2 Å². The lowest BCUT2D eigenvalue weighted by atomic mass is 9.98. The lowest BCUT2D eigenvalue weighted by Crippen LogP contribution is -2.48. The molecule has 0 radical (unpaired) electrons. The van der Waals surface area contributed by atoms with Gasteiger partial charge in [0, 0.05) is 18.0 Å². The minimum Gasteiger partial charge on any atom is -0.421 e. The minimum atomic E-state index is -1.14. The van der Waals surface area contributed by atoms with Crippen molar-refractivity contribution < 1.29 is 9.21 Å². The molecule has 6 nitrogen and oxygen atoms in total. The Labute approximate surface area is 127 Å². The van der Waals surface area contributed by atoms with Gasteiger partial charge in [-0.15, -0.1) is 6.58 Å². The second kappa shape index (κ2) is 6.36. The van der Waals surface area contributed by atoms with Gasteiger partial charge in [0.2, 0.25) is 5.91 Å². The van der Waals surface area contributed by atoms with E-state index in [4.69, 9.17) is 10.2 Å². The summed E-state index contributed by atoms with van der Waals surface area (Å²) in [5, 5.41) is 2.48. The van der Waals surface area contributed by atoms with Gasteiger partial charge in [0.15, 0.2) is 0 Å². The Morgan fingerprint density at radius 2 is 2.27 bits per heavy atom. The van der Waals surface area contributed by atoms with E-state index in [2.05, 4.69) is 16.9 Å². The van der Waals surface area contributed by atoms with Gasteiger partial charge in [-0.2, -0.15) is 0 Å². The van der Waals surface area contributed by atoms with Crippen LogP contribution in [-0.4, -0.2) is 16.4 Å². The third kappa shape index (κ3) is 3.48. The highest BCUT2D eigenvalue weighted by Crippen LogP contribution is 2.18. The number of nitrogens with one attached hydrogen (secondary N) is 1. The van der Waals surface area contributed by atoms with Crippen molar-refractivity contribution in [3.8, 4) is 11.3 Å². The van der Waals surface area contributed by atoms with Crippen molar-refractivity contribution in [3.63, 3.8) is 0 Å². The van der Waals surface area contributed by atoms with Crippen LogP contribution in [0.3, 0.4) is 0 Å². The van der Waals surface area contributed by atoms with E-state index in [-0.39, 0.29) is 12.1 Å². The fourth-order valence-electron chi connectivity index (χ4n) is 1.83. The molecule has 0 aliphatic carbocycles. The van der Waals surface area contributed by atoms with Crippen molar-refractivity contribution in [1.29, 1.82) is 0 Å². The van der Waals surface area contributed by atoms with Crippen LogP contribution < -0.4 is 16.7 Å². The summed E-state index contributed by atoms with van der Waals surface area (Å²) >= 11 is 0. The number of rotatable bonds is 5. The highest BCUT2D eigenvalue weighted by molar-refractivity contribution is 5.97. The molecule has 2 aromatic rings. The fraction of sp³-hybridized carbons (Fsp3) is 0.188. The van der Waals surface area contributed by atoms with E-state index in [0.717, 1.165) is 0 Å². The number of nitrogens with two attached hydrogens (primary N) is 1. The molecule has 0 saturated carbocycles. The van der Waals surface area contributed by atoms with Crippen LogP contribution in [0.15, 0.2) is 58.5 Å². The van der Waals surface area contributed by atoms with Gasteiger partial charge < -0.3 is 15.5 Å². The third-order valence-electron chi connectivity index (χ3n) is 3.11. The lowest BCUT2D eigenvalue weighted by Gasteiger charge is -2.21. The molecular formula is C16H17N3O3. The summed E-state index contributed by atoms with van der Waals surface area (Å²) in [5.41, 5.74) is 4.79. The molecule has 2 aromatic heterocycles. The zero-order chi connectivity index (χ0) is 16.2. The van der Waals surface area contributed by atoms with Crippen molar-refractivity contribution >= 4 is 11.6 Å². The molecule has 22 heavy (non-hydrogen) atoms. The standard InChI is InChI=1S/C16H17N3O3/c1-3-8-16(2,17)15(21)19-12-6-7-13(22-14(12)20)11-5-4-9-18-10-11/h3-7,9-10H,1,8,17H2,2H3,(H,19,21). The van der Waals surface area contributed by atoms with Crippen LogP contribution in [0.2, 0.25) is 0 Å². The molecule has 0 aliphatic heterocycles. The molecule has 1 atom stereocenters. The smallest absolute Gasteiger partial charge is 0.360 e. The Morgan fingerprint density at radius 3 is 2.86 bits per heavy atom. The van der Waals surface area contributed by atoms with E-state index >= 15 is 0 Å².